The summed E-state index contributed by atoms with van der Waals surface area (Å²) < 4.78 is 1.88. The van der Waals surface area contributed by atoms with Crippen LogP contribution < -0.4 is 5.32 Å². The molecule has 0 saturated carbocycles. The molecule has 7 heteroatoms. The summed E-state index contributed by atoms with van der Waals surface area (Å²) in [7, 11) is 1.89. The Morgan fingerprint density at radius 1 is 1.43 bits per heavy atom. The molecule has 2 aromatic rings. The first kappa shape index (κ1) is 16.2. The third-order valence-electron chi connectivity index (χ3n) is 2.93. The molecule has 0 aliphatic carbocycles. The molecule has 0 spiro atoms. The van der Waals surface area contributed by atoms with E-state index >= 15 is 0 Å². The number of thioether (sulfide) groups is 1. The zero-order valence-corrected chi connectivity index (χ0v) is 14.0. The van der Waals surface area contributed by atoms with Crippen molar-refractivity contribution in [2.24, 2.45) is 7.05 Å². The number of hydrogen-bond acceptors (Lipinski definition) is 3. The SMILES string of the molecule is C[C@H](NC(=O)CSc1nccn1C)c1ccc(Cl)c(Cl)c1. The summed E-state index contributed by atoms with van der Waals surface area (Å²) in [5.41, 5.74) is 0.916. The molecule has 0 radical (unpaired) electrons. The highest BCUT2D eigenvalue weighted by Gasteiger charge is 2.12. The number of nitrogens with one attached hydrogen (secondary N) is 1. The van der Waals surface area contributed by atoms with Crippen molar-refractivity contribution in [3.63, 3.8) is 0 Å². The normalized spacial score (nSPS) is 12.2. The van der Waals surface area contributed by atoms with Crippen LogP contribution in [0.4, 0.5) is 0 Å². The molecule has 1 amide bonds. The Morgan fingerprint density at radius 3 is 2.81 bits per heavy atom. The number of rotatable bonds is 5. The van der Waals surface area contributed by atoms with Crippen molar-refractivity contribution in [3.8, 4) is 0 Å². The molecule has 1 aromatic carbocycles. The van der Waals surface area contributed by atoms with Gasteiger partial charge in [0.25, 0.3) is 0 Å². The van der Waals surface area contributed by atoms with Crippen LogP contribution in [0.2, 0.25) is 10.0 Å². The maximum absolute atomic E-state index is 12.0. The first-order valence-electron chi connectivity index (χ1n) is 6.32. The summed E-state index contributed by atoms with van der Waals surface area (Å²) in [4.78, 5) is 16.1. The van der Waals surface area contributed by atoms with Gasteiger partial charge in [0, 0.05) is 19.4 Å². The van der Waals surface area contributed by atoms with E-state index in [1.807, 2.05) is 30.8 Å². The van der Waals surface area contributed by atoms with Gasteiger partial charge >= 0.3 is 0 Å². The summed E-state index contributed by atoms with van der Waals surface area (Å²) in [5.74, 6) is 0.262. The van der Waals surface area contributed by atoms with Gasteiger partial charge in [0.1, 0.15) is 0 Å². The lowest BCUT2D eigenvalue weighted by Gasteiger charge is -2.14. The number of amides is 1. The van der Waals surface area contributed by atoms with Crippen LogP contribution in [0.5, 0.6) is 0 Å². The molecule has 1 aromatic heterocycles. The molecule has 1 heterocycles. The Kier molecular flexibility index (Phi) is 5.56. The number of aryl methyl sites for hydroxylation is 1. The van der Waals surface area contributed by atoms with Crippen molar-refractivity contribution in [2.75, 3.05) is 5.75 Å². The van der Waals surface area contributed by atoms with Crippen LogP contribution in [0, 0.1) is 0 Å². The van der Waals surface area contributed by atoms with Gasteiger partial charge in [-0.25, -0.2) is 4.98 Å². The number of hydrogen-bond donors (Lipinski definition) is 1. The molecule has 0 fully saturated rings. The van der Waals surface area contributed by atoms with E-state index in [2.05, 4.69) is 10.3 Å². The largest absolute Gasteiger partial charge is 0.349 e. The second-order valence-corrected chi connectivity index (χ2v) is 6.33. The van der Waals surface area contributed by atoms with E-state index in [9.17, 15) is 4.79 Å². The maximum atomic E-state index is 12.0. The summed E-state index contributed by atoms with van der Waals surface area (Å²) in [5, 5.41) is 4.73. The molecule has 0 bridgehead atoms. The minimum atomic E-state index is -0.130. The van der Waals surface area contributed by atoms with Gasteiger partial charge in [-0.05, 0) is 24.6 Å². The first-order chi connectivity index (χ1) is 9.97. The van der Waals surface area contributed by atoms with Gasteiger partial charge in [-0.2, -0.15) is 0 Å². The fraction of sp³-hybridized carbons (Fsp3) is 0.286. The second kappa shape index (κ2) is 7.20. The third kappa shape index (κ3) is 4.40. The van der Waals surface area contributed by atoms with Gasteiger partial charge in [0.05, 0.1) is 21.8 Å². The molecule has 1 atom stereocenters. The minimum Gasteiger partial charge on any atom is -0.349 e. The highest BCUT2D eigenvalue weighted by atomic mass is 35.5. The van der Waals surface area contributed by atoms with Crippen LogP contribution in [0.1, 0.15) is 18.5 Å². The van der Waals surface area contributed by atoms with Gasteiger partial charge < -0.3 is 9.88 Å². The van der Waals surface area contributed by atoms with E-state index in [0.717, 1.165) is 10.7 Å². The first-order valence-corrected chi connectivity index (χ1v) is 8.06. The summed E-state index contributed by atoms with van der Waals surface area (Å²) in [6.45, 7) is 1.91. The van der Waals surface area contributed by atoms with Gasteiger partial charge in [-0.3, -0.25) is 4.79 Å². The van der Waals surface area contributed by atoms with Crippen LogP contribution in [-0.2, 0) is 11.8 Å². The Labute approximate surface area is 137 Å². The third-order valence-corrected chi connectivity index (χ3v) is 4.73. The number of benzene rings is 1. The highest BCUT2D eigenvalue weighted by molar-refractivity contribution is 7.99. The van der Waals surface area contributed by atoms with Gasteiger partial charge in [0.2, 0.25) is 5.91 Å². The Hall–Kier alpha value is -1.17. The topological polar surface area (TPSA) is 46.9 Å². The molecule has 21 heavy (non-hydrogen) atoms. The molecular weight excluding hydrogens is 329 g/mol. The number of carbonyl (C=O) groups is 1. The molecule has 0 aliphatic rings. The molecule has 2 rings (SSSR count). The van der Waals surface area contributed by atoms with Gasteiger partial charge in [0.15, 0.2) is 5.16 Å². The van der Waals surface area contributed by atoms with E-state index in [4.69, 9.17) is 23.2 Å². The predicted molar refractivity (Wildman–Crippen MR) is 87.0 cm³/mol. The van der Waals surface area contributed by atoms with Crippen LogP contribution in [-0.4, -0.2) is 21.2 Å². The summed E-state index contributed by atoms with van der Waals surface area (Å²) in [6.07, 6.45) is 3.55. The van der Waals surface area contributed by atoms with Crippen molar-refractivity contribution in [3.05, 3.63) is 46.2 Å². The van der Waals surface area contributed by atoms with Crippen molar-refractivity contribution in [2.45, 2.75) is 18.1 Å². The van der Waals surface area contributed by atoms with Crippen molar-refractivity contribution in [1.82, 2.24) is 14.9 Å². The number of imidazole rings is 1. The van der Waals surface area contributed by atoms with Crippen molar-refractivity contribution >= 4 is 40.9 Å². The van der Waals surface area contributed by atoms with Gasteiger partial charge in [-0.15, -0.1) is 0 Å². The Bertz CT molecular complexity index is 645. The molecule has 0 saturated heterocycles. The number of aromatic nitrogens is 2. The Balaban J connectivity index is 1.89. The number of carbonyl (C=O) groups excluding carboxylic acids is 1. The monoisotopic (exact) mass is 343 g/mol. The lowest BCUT2D eigenvalue weighted by molar-refractivity contribution is -0.119. The number of halogens is 2. The lowest BCUT2D eigenvalue weighted by atomic mass is 10.1. The zero-order chi connectivity index (χ0) is 15.4. The molecule has 4 nitrogen and oxygen atoms in total. The van der Waals surface area contributed by atoms with Crippen LogP contribution >= 0.6 is 35.0 Å². The van der Waals surface area contributed by atoms with E-state index in [0.29, 0.717) is 15.8 Å². The standard InChI is InChI=1S/C14H15Cl2N3OS/c1-9(10-3-4-11(15)12(16)7-10)18-13(20)8-21-14-17-5-6-19(14)2/h3-7,9H,8H2,1-2H3,(H,18,20)/t9-/m0/s1. The molecule has 1 N–H and O–H groups in total. The molecule has 112 valence electrons. The quantitative estimate of drug-likeness (QED) is 0.842. The average molecular weight is 344 g/mol. The molecule has 0 unspecified atom stereocenters. The lowest BCUT2D eigenvalue weighted by Crippen LogP contribution is -2.28. The molecular formula is C14H15Cl2N3OS. The highest BCUT2D eigenvalue weighted by Crippen LogP contribution is 2.25. The smallest absolute Gasteiger partial charge is 0.230 e. The van der Waals surface area contributed by atoms with Crippen LogP contribution in [0.25, 0.3) is 0 Å². The van der Waals surface area contributed by atoms with Gasteiger partial charge in [-0.1, -0.05) is 41.0 Å². The van der Waals surface area contributed by atoms with E-state index in [1.165, 1.54) is 11.8 Å². The van der Waals surface area contributed by atoms with Crippen molar-refractivity contribution < 1.29 is 4.79 Å². The number of nitrogens with zero attached hydrogens (tertiary/aromatic N) is 2. The van der Waals surface area contributed by atoms with E-state index < -0.39 is 0 Å². The minimum absolute atomic E-state index is 0.0541. The van der Waals surface area contributed by atoms with E-state index in [-0.39, 0.29) is 11.9 Å². The van der Waals surface area contributed by atoms with Crippen LogP contribution in [0.15, 0.2) is 35.7 Å². The maximum Gasteiger partial charge on any atom is 0.230 e. The molecule has 0 aliphatic heterocycles. The summed E-state index contributed by atoms with van der Waals surface area (Å²) in [6, 6.07) is 5.21. The second-order valence-electron chi connectivity index (χ2n) is 4.57. The van der Waals surface area contributed by atoms with Crippen LogP contribution in [0.3, 0.4) is 0 Å². The fourth-order valence-corrected chi connectivity index (χ4v) is 2.82. The average Bonchev–Trinajstić information content (AvgIpc) is 2.85. The zero-order valence-electron chi connectivity index (χ0n) is 11.6. The van der Waals surface area contributed by atoms with E-state index in [1.54, 1.807) is 18.3 Å². The van der Waals surface area contributed by atoms with Crippen molar-refractivity contribution in [1.29, 1.82) is 0 Å². The Morgan fingerprint density at radius 2 is 2.19 bits per heavy atom. The predicted octanol–water partition coefficient (Wildman–Crippen LogP) is 3.70. The summed E-state index contributed by atoms with van der Waals surface area (Å²) >= 11 is 13.3. The fourth-order valence-electron chi connectivity index (χ4n) is 1.77.